The standard InChI is InChI=1S/C20H24F3N3O3/c21-20(22,23)16-5-3-13(4-6-16)17(27)24-9-10-25-18(28)14-7-11-26(12-8-14)19(29)15-1-2-15/h3-6,14-15H,1-2,7-12H2,(H,24,27)(H,25,28). The molecule has 0 unspecified atom stereocenters. The Labute approximate surface area is 166 Å². The van der Waals surface area contributed by atoms with Crippen molar-refractivity contribution < 1.29 is 27.6 Å². The molecule has 0 bridgehead atoms. The fourth-order valence-electron chi connectivity index (χ4n) is 3.37. The Hall–Kier alpha value is -2.58. The van der Waals surface area contributed by atoms with E-state index in [4.69, 9.17) is 0 Å². The summed E-state index contributed by atoms with van der Waals surface area (Å²) in [5, 5.41) is 5.33. The molecule has 9 heteroatoms. The number of nitrogens with zero attached hydrogens (tertiary/aromatic N) is 1. The van der Waals surface area contributed by atoms with Crippen molar-refractivity contribution >= 4 is 17.7 Å². The molecule has 2 fully saturated rings. The summed E-state index contributed by atoms with van der Waals surface area (Å²) in [6.07, 6.45) is -1.25. The number of piperidine rings is 1. The fourth-order valence-corrected chi connectivity index (χ4v) is 3.37. The molecular formula is C20H24F3N3O3. The number of nitrogens with one attached hydrogen (secondary N) is 2. The van der Waals surface area contributed by atoms with Crippen LogP contribution >= 0.6 is 0 Å². The van der Waals surface area contributed by atoms with Crippen LogP contribution in [0.15, 0.2) is 24.3 Å². The predicted octanol–water partition coefficient (Wildman–Crippen LogP) is 2.20. The van der Waals surface area contributed by atoms with Crippen molar-refractivity contribution in [2.24, 2.45) is 11.8 Å². The molecule has 3 rings (SSSR count). The minimum Gasteiger partial charge on any atom is -0.354 e. The molecule has 29 heavy (non-hydrogen) atoms. The van der Waals surface area contributed by atoms with Crippen molar-refractivity contribution in [1.29, 1.82) is 0 Å². The molecule has 0 atom stereocenters. The maximum atomic E-state index is 12.5. The van der Waals surface area contributed by atoms with Gasteiger partial charge in [-0.2, -0.15) is 13.2 Å². The summed E-state index contributed by atoms with van der Waals surface area (Å²) in [6, 6.07) is 3.95. The van der Waals surface area contributed by atoms with E-state index in [2.05, 4.69) is 10.6 Å². The van der Waals surface area contributed by atoms with Gasteiger partial charge in [0.25, 0.3) is 5.91 Å². The van der Waals surface area contributed by atoms with Crippen LogP contribution in [0.25, 0.3) is 0 Å². The van der Waals surface area contributed by atoms with Crippen LogP contribution in [0.2, 0.25) is 0 Å². The Morgan fingerprint density at radius 2 is 1.48 bits per heavy atom. The lowest BCUT2D eigenvalue weighted by atomic mass is 9.95. The highest BCUT2D eigenvalue weighted by atomic mass is 19.4. The average Bonchev–Trinajstić information content (AvgIpc) is 3.55. The Morgan fingerprint density at radius 1 is 0.897 bits per heavy atom. The third-order valence-electron chi connectivity index (χ3n) is 5.29. The van der Waals surface area contributed by atoms with E-state index in [1.165, 1.54) is 0 Å². The third-order valence-corrected chi connectivity index (χ3v) is 5.29. The van der Waals surface area contributed by atoms with Gasteiger partial charge in [-0.15, -0.1) is 0 Å². The highest BCUT2D eigenvalue weighted by Crippen LogP contribution is 2.32. The first kappa shape index (κ1) is 21.1. The third kappa shape index (κ3) is 5.71. The smallest absolute Gasteiger partial charge is 0.354 e. The second kappa shape index (κ2) is 8.84. The number of rotatable bonds is 6. The Kier molecular flexibility index (Phi) is 6.44. The van der Waals surface area contributed by atoms with E-state index in [0.29, 0.717) is 25.9 Å². The maximum absolute atomic E-state index is 12.5. The molecule has 2 aliphatic rings. The fraction of sp³-hybridized carbons (Fsp3) is 0.550. The lowest BCUT2D eigenvalue weighted by Crippen LogP contribution is -2.44. The van der Waals surface area contributed by atoms with Crippen molar-refractivity contribution in [3.05, 3.63) is 35.4 Å². The molecule has 158 valence electrons. The molecule has 1 aromatic carbocycles. The van der Waals surface area contributed by atoms with Crippen LogP contribution in [0.1, 0.15) is 41.6 Å². The van der Waals surface area contributed by atoms with E-state index < -0.39 is 17.6 Å². The van der Waals surface area contributed by atoms with Gasteiger partial charge >= 0.3 is 6.18 Å². The molecule has 1 heterocycles. The van der Waals surface area contributed by atoms with Crippen molar-refractivity contribution in [3.8, 4) is 0 Å². The van der Waals surface area contributed by atoms with E-state index in [9.17, 15) is 27.6 Å². The molecule has 1 aromatic rings. The number of halogens is 3. The second-order valence-electron chi connectivity index (χ2n) is 7.50. The van der Waals surface area contributed by atoms with Crippen LogP contribution in [0.3, 0.4) is 0 Å². The summed E-state index contributed by atoms with van der Waals surface area (Å²) in [4.78, 5) is 38.1. The zero-order chi connectivity index (χ0) is 21.0. The summed E-state index contributed by atoms with van der Waals surface area (Å²) >= 11 is 0. The summed E-state index contributed by atoms with van der Waals surface area (Å²) in [7, 11) is 0. The Balaban J connectivity index is 1.34. The minimum atomic E-state index is -4.44. The van der Waals surface area contributed by atoms with E-state index >= 15 is 0 Å². The SMILES string of the molecule is O=C(NCCNC(=O)C1CCN(C(=O)C2CC2)CC1)c1ccc(C(F)(F)F)cc1. The number of carbonyl (C=O) groups is 3. The normalized spacial score (nSPS) is 17.7. The van der Waals surface area contributed by atoms with Gasteiger partial charge in [0.05, 0.1) is 5.56 Å². The van der Waals surface area contributed by atoms with Crippen molar-refractivity contribution in [1.82, 2.24) is 15.5 Å². The predicted molar refractivity (Wildman–Crippen MR) is 98.8 cm³/mol. The molecule has 6 nitrogen and oxygen atoms in total. The van der Waals surface area contributed by atoms with Crippen LogP contribution in [-0.2, 0) is 15.8 Å². The Morgan fingerprint density at radius 3 is 2.03 bits per heavy atom. The van der Waals surface area contributed by atoms with Crippen LogP contribution in [-0.4, -0.2) is 48.8 Å². The zero-order valence-electron chi connectivity index (χ0n) is 15.9. The number of amides is 3. The number of alkyl halides is 3. The van der Waals surface area contributed by atoms with Crippen LogP contribution in [0.4, 0.5) is 13.2 Å². The van der Waals surface area contributed by atoms with Crippen molar-refractivity contribution in [2.45, 2.75) is 31.9 Å². The van der Waals surface area contributed by atoms with Gasteiger partial charge in [0.15, 0.2) is 0 Å². The molecule has 0 radical (unpaired) electrons. The maximum Gasteiger partial charge on any atom is 0.416 e. The zero-order valence-corrected chi connectivity index (χ0v) is 15.9. The number of benzene rings is 1. The molecule has 0 aromatic heterocycles. The lowest BCUT2D eigenvalue weighted by molar-refractivity contribution is -0.137. The first-order valence-electron chi connectivity index (χ1n) is 9.77. The first-order chi connectivity index (χ1) is 13.8. The van der Waals surface area contributed by atoms with Crippen LogP contribution < -0.4 is 10.6 Å². The quantitative estimate of drug-likeness (QED) is 0.705. The van der Waals surface area contributed by atoms with Crippen molar-refractivity contribution in [3.63, 3.8) is 0 Å². The topological polar surface area (TPSA) is 78.5 Å². The highest BCUT2D eigenvalue weighted by Gasteiger charge is 2.36. The summed E-state index contributed by atoms with van der Waals surface area (Å²) in [6.45, 7) is 1.59. The number of carbonyl (C=O) groups excluding carboxylic acids is 3. The van der Waals surface area contributed by atoms with Gasteiger partial charge < -0.3 is 15.5 Å². The highest BCUT2D eigenvalue weighted by molar-refractivity contribution is 5.94. The largest absolute Gasteiger partial charge is 0.416 e. The van der Waals surface area contributed by atoms with E-state index in [-0.39, 0.29) is 42.3 Å². The number of likely N-dealkylation sites (tertiary alicyclic amines) is 1. The van der Waals surface area contributed by atoms with Gasteiger partial charge in [0.2, 0.25) is 11.8 Å². The van der Waals surface area contributed by atoms with Gasteiger partial charge in [-0.3, -0.25) is 14.4 Å². The molecule has 0 spiro atoms. The van der Waals surface area contributed by atoms with Crippen LogP contribution in [0.5, 0.6) is 0 Å². The Bertz CT molecular complexity index is 752. The van der Waals surface area contributed by atoms with Crippen LogP contribution in [0, 0.1) is 11.8 Å². The summed E-state index contributed by atoms with van der Waals surface area (Å²) < 4.78 is 37.6. The van der Waals surface area contributed by atoms with Gasteiger partial charge in [0.1, 0.15) is 0 Å². The van der Waals surface area contributed by atoms with E-state index in [0.717, 1.165) is 37.1 Å². The second-order valence-corrected chi connectivity index (χ2v) is 7.50. The minimum absolute atomic E-state index is 0.104. The lowest BCUT2D eigenvalue weighted by Gasteiger charge is -2.31. The molecule has 1 saturated heterocycles. The monoisotopic (exact) mass is 411 g/mol. The average molecular weight is 411 g/mol. The first-order valence-corrected chi connectivity index (χ1v) is 9.77. The van der Waals surface area contributed by atoms with Gasteiger partial charge in [0, 0.05) is 43.6 Å². The van der Waals surface area contributed by atoms with E-state index in [1.807, 2.05) is 4.90 Å². The molecular weight excluding hydrogens is 387 g/mol. The number of hydrogen-bond acceptors (Lipinski definition) is 3. The molecule has 3 amide bonds. The molecule has 2 N–H and O–H groups in total. The summed E-state index contributed by atoms with van der Waals surface area (Å²) in [5.74, 6) is -0.362. The van der Waals surface area contributed by atoms with Gasteiger partial charge in [-0.05, 0) is 49.9 Å². The van der Waals surface area contributed by atoms with Crippen molar-refractivity contribution in [2.75, 3.05) is 26.2 Å². The number of hydrogen-bond donors (Lipinski definition) is 2. The van der Waals surface area contributed by atoms with Gasteiger partial charge in [-0.1, -0.05) is 0 Å². The molecule has 1 aliphatic carbocycles. The summed E-state index contributed by atoms with van der Waals surface area (Å²) in [5.41, 5.74) is -0.691. The van der Waals surface area contributed by atoms with Gasteiger partial charge in [-0.25, -0.2) is 0 Å². The molecule has 1 aliphatic heterocycles. The molecule has 1 saturated carbocycles. The van der Waals surface area contributed by atoms with E-state index in [1.54, 1.807) is 0 Å².